The molecule has 1 heterocycles. The van der Waals surface area contributed by atoms with Gasteiger partial charge in [0.15, 0.2) is 5.11 Å². The SMILES string of the molecule is Cc1ccc(/C=N\NC(=S)NCc2ccccc2)o1. The van der Waals surface area contributed by atoms with Crippen LogP contribution in [0.5, 0.6) is 0 Å². The fourth-order valence-corrected chi connectivity index (χ4v) is 1.62. The zero-order chi connectivity index (χ0) is 13.5. The van der Waals surface area contributed by atoms with Gasteiger partial charge in [0.05, 0.1) is 6.21 Å². The molecular formula is C14H15N3OS. The number of aryl methyl sites for hydroxylation is 1. The first-order valence-electron chi connectivity index (χ1n) is 5.91. The van der Waals surface area contributed by atoms with Crippen LogP contribution in [0.15, 0.2) is 52.0 Å². The predicted molar refractivity (Wildman–Crippen MR) is 80.1 cm³/mol. The predicted octanol–water partition coefficient (Wildman–Crippen LogP) is 2.59. The summed E-state index contributed by atoms with van der Waals surface area (Å²) in [7, 11) is 0. The van der Waals surface area contributed by atoms with E-state index in [2.05, 4.69) is 15.8 Å². The zero-order valence-electron chi connectivity index (χ0n) is 10.6. The van der Waals surface area contributed by atoms with E-state index in [9.17, 15) is 0 Å². The van der Waals surface area contributed by atoms with E-state index in [0.717, 1.165) is 11.3 Å². The third-order valence-electron chi connectivity index (χ3n) is 2.41. The van der Waals surface area contributed by atoms with E-state index in [0.29, 0.717) is 17.4 Å². The first kappa shape index (κ1) is 13.3. The first-order chi connectivity index (χ1) is 9.24. The van der Waals surface area contributed by atoms with Crippen molar-refractivity contribution in [2.24, 2.45) is 5.10 Å². The third-order valence-corrected chi connectivity index (χ3v) is 2.65. The minimum Gasteiger partial charge on any atom is -0.460 e. The van der Waals surface area contributed by atoms with Crippen LogP contribution in [0.3, 0.4) is 0 Å². The van der Waals surface area contributed by atoms with Crippen molar-refractivity contribution < 1.29 is 4.42 Å². The Morgan fingerprint density at radius 1 is 1.26 bits per heavy atom. The Morgan fingerprint density at radius 3 is 2.74 bits per heavy atom. The molecule has 0 amide bonds. The van der Waals surface area contributed by atoms with Crippen molar-refractivity contribution in [3.63, 3.8) is 0 Å². The van der Waals surface area contributed by atoms with Gasteiger partial charge in [-0.05, 0) is 36.8 Å². The highest BCUT2D eigenvalue weighted by atomic mass is 32.1. The monoisotopic (exact) mass is 273 g/mol. The third kappa shape index (κ3) is 4.56. The second-order valence-electron chi connectivity index (χ2n) is 3.99. The highest BCUT2D eigenvalue weighted by molar-refractivity contribution is 7.80. The first-order valence-corrected chi connectivity index (χ1v) is 6.32. The number of hydrogen-bond acceptors (Lipinski definition) is 3. The summed E-state index contributed by atoms with van der Waals surface area (Å²) < 4.78 is 5.34. The summed E-state index contributed by atoms with van der Waals surface area (Å²) in [5, 5.41) is 7.54. The lowest BCUT2D eigenvalue weighted by molar-refractivity contribution is 0.527. The van der Waals surface area contributed by atoms with Crippen molar-refractivity contribution in [1.29, 1.82) is 0 Å². The molecule has 19 heavy (non-hydrogen) atoms. The number of hydrogen-bond donors (Lipinski definition) is 2. The molecule has 2 N–H and O–H groups in total. The van der Waals surface area contributed by atoms with E-state index in [1.807, 2.05) is 49.4 Å². The molecule has 1 aromatic carbocycles. The number of nitrogens with zero attached hydrogens (tertiary/aromatic N) is 1. The molecule has 0 saturated heterocycles. The van der Waals surface area contributed by atoms with E-state index in [-0.39, 0.29) is 0 Å². The van der Waals surface area contributed by atoms with E-state index in [1.165, 1.54) is 0 Å². The van der Waals surface area contributed by atoms with Crippen LogP contribution in [0.25, 0.3) is 0 Å². The van der Waals surface area contributed by atoms with E-state index in [4.69, 9.17) is 16.6 Å². The summed E-state index contributed by atoms with van der Waals surface area (Å²) in [5.41, 5.74) is 3.90. The fourth-order valence-electron chi connectivity index (χ4n) is 1.50. The molecule has 0 atom stereocenters. The zero-order valence-corrected chi connectivity index (χ0v) is 11.4. The van der Waals surface area contributed by atoms with Gasteiger partial charge in [0.2, 0.25) is 0 Å². The van der Waals surface area contributed by atoms with Gasteiger partial charge < -0.3 is 9.73 Å². The van der Waals surface area contributed by atoms with E-state index >= 15 is 0 Å². The molecular weight excluding hydrogens is 258 g/mol. The van der Waals surface area contributed by atoms with Gasteiger partial charge >= 0.3 is 0 Å². The Kier molecular flexibility index (Phi) is 4.69. The van der Waals surface area contributed by atoms with Gasteiger partial charge in [-0.3, -0.25) is 5.43 Å². The van der Waals surface area contributed by atoms with Gasteiger partial charge in [0.1, 0.15) is 11.5 Å². The summed E-state index contributed by atoms with van der Waals surface area (Å²) in [5.74, 6) is 1.54. The van der Waals surface area contributed by atoms with Gasteiger partial charge in [-0.2, -0.15) is 5.10 Å². The minimum absolute atomic E-state index is 0.475. The Morgan fingerprint density at radius 2 is 2.05 bits per heavy atom. The molecule has 0 bridgehead atoms. The van der Waals surface area contributed by atoms with E-state index < -0.39 is 0 Å². The largest absolute Gasteiger partial charge is 0.460 e. The lowest BCUT2D eigenvalue weighted by Crippen LogP contribution is -2.31. The average Bonchev–Trinajstić information content (AvgIpc) is 2.83. The number of nitrogens with one attached hydrogen (secondary N) is 2. The molecule has 0 saturated carbocycles. The molecule has 0 spiro atoms. The maximum atomic E-state index is 5.34. The standard InChI is InChI=1S/C14H15N3OS/c1-11-7-8-13(18-11)10-16-17-14(19)15-9-12-5-3-2-4-6-12/h2-8,10H,9H2,1H3,(H2,15,17,19)/b16-10-. The lowest BCUT2D eigenvalue weighted by Gasteiger charge is -2.06. The van der Waals surface area contributed by atoms with Crippen LogP contribution in [0.2, 0.25) is 0 Å². The quantitative estimate of drug-likeness (QED) is 0.511. The second kappa shape index (κ2) is 6.70. The van der Waals surface area contributed by atoms with Gasteiger partial charge in [0, 0.05) is 6.54 Å². The van der Waals surface area contributed by atoms with Crippen LogP contribution in [-0.4, -0.2) is 11.3 Å². The van der Waals surface area contributed by atoms with Crippen molar-refractivity contribution in [2.45, 2.75) is 13.5 Å². The van der Waals surface area contributed by atoms with E-state index in [1.54, 1.807) is 6.21 Å². The van der Waals surface area contributed by atoms with Crippen molar-refractivity contribution in [2.75, 3.05) is 0 Å². The van der Waals surface area contributed by atoms with Crippen molar-refractivity contribution in [3.05, 3.63) is 59.5 Å². The highest BCUT2D eigenvalue weighted by Gasteiger charge is 1.95. The number of hydrazone groups is 1. The van der Waals surface area contributed by atoms with Crippen LogP contribution in [-0.2, 0) is 6.54 Å². The maximum absolute atomic E-state index is 5.34. The molecule has 5 heteroatoms. The fraction of sp³-hybridized carbons (Fsp3) is 0.143. The Hall–Kier alpha value is -2.14. The molecule has 0 fully saturated rings. The number of rotatable bonds is 4. The minimum atomic E-state index is 0.475. The van der Waals surface area contributed by atoms with Crippen LogP contribution >= 0.6 is 12.2 Å². The molecule has 0 aliphatic rings. The summed E-state index contributed by atoms with van der Waals surface area (Å²) >= 11 is 5.11. The van der Waals surface area contributed by atoms with Gasteiger partial charge in [-0.25, -0.2) is 0 Å². The topological polar surface area (TPSA) is 49.6 Å². The van der Waals surface area contributed by atoms with Crippen LogP contribution in [0, 0.1) is 6.92 Å². The molecule has 0 aliphatic carbocycles. The smallest absolute Gasteiger partial charge is 0.187 e. The molecule has 2 aromatic rings. The molecule has 0 radical (unpaired) electrons. The van der Waals surface area contributed by atoms with Gasteiger partial charge in [-0.1, -0.05) is 30.3 Å². The van der Waals surface area contributed by atoms with Crippen molar-refractivity contribution >= 4 is 23.5 Å². The number of furan rings is 1. The molecule has 4 nitrogen and oxygen atoms in total. The molecule has 2 rings (SSSR count). The maximum Gasteiger partial charge on any atom is 0.187 e. The van der Waals surface area contributed by atoms with Crippen molar-refractivity contribution in [1.82, 2.24) is 10.7 Å². The Labute approximate surface area is 117 Å². The van der Waals surface area contributed by atoms with Gasteiger partial charge in [0.25, 0.3) is 0 Å². The van der Waals surface area contributed by atoms with Crippen LogP contribution in [0.4, 0.5) is 0 Å². The molecule has 0 unspecified atom stereocenters. The molecule has 0 aliphatic heterocycles. The summed E-state index contributed by atoms with van der Waals surface area (Å²) in [6.45, 7) is 2.55. The summed E-state index contributed by atoms with van der Waals surface area (Å²) in [4.78, 5) is 0. The average molecular weight is 273 g/mol. The molecule has 98 valence electrons. The number of benzene rings is 1. The lowest BCUT2D eigenvalue weighted by atomic mass is 10.2. The second-order valence-corrected chi connectivity index (χ2v) is 4.39. The number of thiocarbonyl (C=S) groups is 1. The Bertz CT molecular complexity index is 563. The van der Waals surface area contributed by atoms with Gasteiger partial charge in [-0.15, -0.1) is 0 Å². The van der Waals surface area contributed by atoms with Crippen molar-refractivity contribution in [3.8, 4) is 0 Å². The Balaban J connectivity index is 1.74. The summed E-state index contributed by atoms with van der Waals surface area (Å²) in [6.07, 6.45) is 1.59. The van der Waals surface area contributed by atoms with Crippen LogP contribution < -0.4 is 10.7 Å². The normalized spacial score (nSPS) is 10.6. The highest BCUT2D eigenvalue weighted by Crippen LogP contribution is 2.02. The van der Waals surface area contributed by atoms with Crippen LogP contribution in [0.1, 0.15) is 17.1 Å². The molecule has 1 aromatic heterocycles. The summed E-state index contributed by atoms with van der Waals surface area (Å²) in [6, 6.07) is 13.8.